The topological polar surface area (TPSA) is 68.2 Å². The highest BCUT2D eigenvalue weighted by Crippen LogP contribution is 2.15. The van der Waals surface area contributed by atoms with Crippen molar-refractivity contribution in [1.82, 2.24) is 15.1 Å². The fourth-order valence-corrected chi connectivity index (χ4v) is 3.24. The van der Waals surface area contributed by atoms with Crippen molar-refractivity contribution in [3.05, 3.63) is 34.9 Å². The predicted octanol–water partition coefficient (Wildman–Crippen LogP) is 1.99. The second-order valence-electron chi connectivity index (χ2n) is 6.15. The van der Waals surface area contributed by atoms with Crippen LogP contribution in [0.5, 0.6) is 0 Å². The maximum Gasteiger partial charge on any atom is 0.227 e. The van der Waals surface area contributed by atoms with Crippen molar-refractivity contribution in [1.29, 1.82) is 0 Å². The minimum absolute atomic E-state index is 0. The van der Waals surface area contributed by atoms with Crippen LogP contribution in [0.1, 0.15) is 19.4 Å². The number of guanidine groups is 1. The molecule has 0 saturated carbocycles. The van der Waals surface area contributed by atoms with Gasteiger partial charge in [0.2, 0.25) is 5.91 Å². The van der Waals surface area contributed by atoms with Gasteiger partial charge in [-0.1, -0.05) is 23.7 Å². The highest BCUT2D eigenvalue weighted by atomic mass is 127. The van der Waals surface area contributed by atoms with E-state index >= 15 is 0 Å². The number of benzene rings is 1. The molecule has 8 heteroatoms. The molecule has 0 aliphatic carbocycles. The number of rotatable bonds is 5. The van der Waals surface area contributed by atoms with Gasteiger partial charge in [-0.2, -0.15) is 0 Å². The average Bonchev–Trinajstić information content (AvgIpc) is 2.58. The standard InChI is InChI=1S/C18H27ClN4O2.HI/c1-3-20-18(21-7-10-24)22-8-9-23(14(2)13-22)17(25)12-15-5-4-6-16(19)11-15;/h4-6,11,14,24H,3,7-10,12-13H2,1-2H3,(H,20,21);1H. The van der Waals surface area contributed by atoms with Crippen LogP contribution in [0.25, 0.3) is 0 Å². The van der Waals surface area contributed by atoms with Crippen LogP contribution < -0.4 is 5.32 Å². The van der Waals surface area contributed by atoms with Crippen LogP contribution in [-0.4, -0.2) is 72.1 Å². The molecular formula is C18H28ClIN4O2. The molecular weight excluding hydrogens is 467 g/mol. The number of nitrogens with one attached hydrogen (secondary N) is 1. The largest absolute Gasteiger partial charge is 0.394 e. The zero-order chi connectivity index (χ0) is 18.2. The molecule has 0 bridgehead atoms. The van der Waals surface area contributed by atoms with Gasteiger partial charge in [-0.05, 0) is 31.5 Å². The van der Waals surface area contributed by atoms with Crippen LogP contribution >= 0.6 is 35.6 Å². The summed E-state index contributed by atoms with van der Waals surface area (Å²) in [6, 6.07) is 7.54. The van der Waals surface area contributed by atoms with E-state index in [0.717, 1.165) is 31.2 Å². The van der Waals surface area contributed by atoms with Crippen LogP contribution in [0.2, 0.25) is 5.02 Å². The van der Waals surface area contributed by atoms with Crippen molar-refractivity contribution >= 4 is 47.4 Å². The molecule has 0 aromatic heterocycles. The first-order valence-corrected chi connectivity index (χ1v) is 9.11. The second kappa shape index (κ2) is 11.6. The van der Waals surface area contributed by atoms with Crippen LogP contribution in [0, 0.1) is 0 Å². The lowest BCUT2D eigenvalue weighted by Gasteiger charge is -2.41. The lowest BCUT2D eigenvalue weighted by molar-refractivity contribution is -0.134. The SMILES string of the molecule is CCNC(=NCCO)N1CCN(C(=O)Cc2cccc(Cl)c2)C(C)C1.I. The van der Waals surface area contributed by atoms with E-state index in [-0.39, 0.29) is 42.5 Å². The monoisotopic (exact) mass is 494 g/mol. The molecule has 1 unspecified atom stereocenters. The van der Waals surface area contributed by atoms with E-state index in [0.29, 0.717) is 24.5 Å². The van der Waals surface area contributed by atoms with Gasteiger partial charge in [-0.25, -0.2) is 0 Å². The third-order valence-corrected chi connectivity index (χ3v) is 4.42. The van der Waals surface area contributed by atoms with Gasteiger partial charge in [0.1, 0.15) is 0 Å². The summed E-state index contributed by atoms with van der Waals surface area (Å²) in [7, 11) is 0. The minimum atomic E-state index is 0. The van der Waals surface area contributed by atoms with Crippen molar-refractivity contribution in [2.45, 2.75) is 26.3 Å². The van der Waals surface area contributed by atoms with E-state index in [2.05, 4.69) is 22.1 Å². The summed E-state index contributed by atoms with van der Waals surface area (Å²) in [5.41, 5.74) is 0.935. The Morgan fingerprint density at radius 3 is 2.81 bits per heavy atom. The number of nitrogens with zero attached hydrogens (tertiary/aromatic N) is 3. The number of aliphatic imine (C=N–C) groups is 1. The smallest absolute Gasteiger partial charge is 0.227 e. The summed E-state index contributed by atoms with van der Waals surface area (Å²) >= 11 is 6.00. The maximum atomic E-state index is 12.6. The molecule has 0 spiro atoms. The van der Waals surface area contributed by atoms with Gasteiger partial charge in [0.05, 0.1) is 19.6 Å². The average molecular weight is 495 g/mol. The number of aliphatic hydroxyl groups excluding tert-OH is 1. The van der Waals surface area contributed by atoms with Gasteiger partial charge in [0.15, 0.2) is 5.96 Å². The number of amides is 1. The number of halogens is 2. The Balaban J connectivity index is 0.00000338. The molecule has 2 N–H and O–H groups in total. The number of piperazine rings is 1. The molecule has 1 saturated heterocycles. The number of hydrogen-bond donors (Lipinski definition) is 2. The molecule has 1 aromatic rings. The number of carbonyl (C=O) groups excluding carboxylic acids is 1. The summed E-state index contributed by atoms with van der Waals surface area (Å²) in [5, 5.41) is 12.9. The summed E-state index contributed by atoms with van der Waals surface area (Å²) < 4.78 is 0. The van der Waals surface area contributed by atoms with E-state index in [4.69, 9.17) is 16.7 Å². The van der Waals surface area contributed by atoms with Crippen LogP contribution in [0.3, 0.4) is 0 Å². The fourth-order valence-electron chi connectivity index (χ4n) is 3.03. The molecule has 1 heterocycles. The molecule has 1 fully saturated rings. The number of carbonyl (C=O) groups is 1. The maximum absolute atomic E-state index is 12.6. The van der Waals surface area contributed by atoms with E-state index in [9.17, 15) is 4.79 Å². The van der Waals surface area contributed by atoms with Crippen LogP contribution in [-0.2, 0) is 11.2 Å². The Morgan fingerprint density at radius 1 is 1.42 bits per heavy atom. The first-order chi connectivity index (χ1) is 12.0. The van der Waals surface area contributed by atoms with Crippen molar-refractivity contribution < 1.29 is 9.90 Å². The highest BCUT2D eigenvalue weighted by Gasteiger charge is 2.28. The van der Waals surface area contributed by atoms with Gasteiger partial charge in [0, 0.05) is 37.2 Å². The first-order valence-electron chi connectivity index (χ1n) is 8.73. The van der Waals surface area contributed by atoms with Crippen molar-refractivity contribution in [3.63, 3.8) is 0 Å². The van der Waals surface area contributed by atoms with Crippen LogP contribution in [0.15, 0.2) is 29.3 Å². The minimum Gasteiger partial charge on any atom is -0.394 e. The summed E-state index contributed by atoms with van der Waals surface area (Å²) in [4.78, 5) is 21.1. The summed E-state index contributed by atoms with van der Waals surface area (Å²) in [6.07, 6.45) is 0.365. The fraction of sp³-hybridized carbons (Fsp3) is 0.556. The quantitative estimate of drug-likeness (QED) is 0.373. The molecule has 2 rings (SSSR count). The Bertz CT molecular complexity index is 615. The number of aliphatic hydroxyl groups is 1. The summed E-state index contributed by atoms with van der Waals surface area (Å²) in [5.74, 6) is 0.914. The van der Waals surface area contributed by atoms with Gasteiger partial charge in [-0.15, -0.1) is 24.0 Å². The van der Waals surface area contributed by atoms with Crippen molar-refractivity contribution in [2.75, 3.05) is 39.3 Å². The van der Waals surface area contributed by atoms with Crippen molar-refractivity contribution in [3.8, 4) is 0 Å². The molecule has 1 aromatic carbocycles. The molecule has 1 amide bonds. The summed E-state index contributed by atoms with van der Waals surface area (Å²) in [6.45, 7) is 7.35. The van der Waals surface area contributed by atoms with Gasteiger partial charge < -0.3 is 20.2 Å². The van der Waals surface area contributed by atoms with Gasteiger partial charge in [-0.3, -0.25) is 9.79 Å². The number of hydrogen-bond acceptors (Lipinski definition) is 3. The lowest BCUT2D eigenvalue weighted by atomic mass is 10.1. The second-order valence-corrected chi connectivity index (χ2v) is 6.58. The van der Waals surface area contributed by atoms with E-state index in [1.807, 2.05) is 36.1 Å². The molecule has 1 aliphatic heterocycles. The van der Waals surface area contributed by atoms with E-state index < -0.39 is 0 Å². The highest BCUT2D eigenvalue weighted by molar-refractivity contribution is 14.0. The third kappa shape index (κ3) is 6.59. The molecule has 146 valence electrons. The van der Waals surface area contributed by atoms with E-state index in [1.165, 1.54) is 0 Å². The molecule has 1 aliphatic rings. The van der Waals surface area contributed by atoms with E-state index in [1.54, 1.807) is 0 Å². The molecule has 0 radical (unpaired) electrons. The van der Waals surface area contributed by atoms with Crippen molar-refractivity contribution in [2.24, 2.45) is 4.99 Å². The zero-order valence-corrected chi connectivity index (χ0v) is 18.4. The van der Waals surface area contributed by atoms with Crippen LogP contribution in [0.4, 0.5) is 0 Å². The third-order valence-electron chi connectivity index (χ3n) is 4.19. The molecule has 26 heavy (non-hydrogen) atoms. The van der Waals surface area contributed by atoms with Gasteiger partial charge >= 0.3 is 0 Å². The Labute approximate surface area is 177 Å². The molecule has 1 atom stereocenters. The molecule has 6 nitrogen and oxygen atoms in total. The lowest BCUT2D eigenvalue weighted by Crippen LogP contribution is -2.58. The zero-order valence-electron chi connectivity index (χ0n) is 15.3. The first kappa shape index (κ1) is 23.0. The predicted molar refractivity (Wildman–Crippen MR) is 116 cm³/mol. The Morgan fingerprint density at radius 2 is 2.19 bits per heavy atom. The Kier molecular flexibility index (Phi) is 10.3. The van der Waals surface area contributed by atoms with Gasteiger partial charge in [0.25, 0.3) is 0 Å². The normalized spacial score (nSPS) is 17.7. The Hall–Kier alpha value is -1.06.